The van der Waals surface area contributed by atoms with E-state index in [9.17, 15) is 12.8 Å². The molecule has 1 atom stereocenters. The molecule has 0 aliphatic heterocycles. The van der Waals surface area contributed by atoms with E-state index in [1.807, 2.05) is 0 Å². The highest BCUT2D eigenvalue weighted by Crippen LogP contribution is 2.21. The van der Waals surface area contributed by atoms with Gasteiger partial charge in [-0.25, -0.2) is 12.8 Å². The lowest BCUT2D eigenvalue weighted by Crippen LogP contribution is -2.27. The third-order valence-electron chi connectivity index (χ3n) is 2.16. The first-order valence-corrected chi connectivity index (χ1v) is 6.95. The first-order chi connectivity index (χ1) is 7.85. The van der Waals surface area contributed by atoms with Crippen molar-refractivity contribution < 1.29 is 17.5 Å². The summed E-state index contributed by atoms with van der Waals surface area (Å²) < 4.78 is 41.9. The normalized spacial score (nSPS) is 13.4. The van der Waals surface area contributed by atoms with E-state index in [0.717, 1.165) is 0 Å². The Morgan fingerprint density at radius 2 is 2.12 bits per heavy atom. The first-order valence-electron chi connectivity index (χ1n) is 5.13. The molecule has 1 aromatic carbocycles. The Hall–Kier alpha value is -1.14. The van der Waals surface area contributed by atoms with E-state index in [2.05, 4.69) is 0 Å². The summed E-state index contributed by atoms with van der Waals surface area (Å²) >= 11 is 0. The monoisotopic (exact) mass is 261 g/mol. The van der Waals surface area contributed by atoms with Crippen LogP contribution in [0.4, 0.5) is 4.39 Å². The van der Waals surface area contributed by atoms with E-state index >= 15 is 0 Å². The molecule has 1 rings (SSSR count). The van der Waals surface area contributed by atoms with E-state index in [0.29, 0.717) is 0 Å². The van der Waals surface area contributed by atoms with Gasteiger partial charge in [0, 0.05) is 11.6 Å². The number of ether oxygens (including phenoxy) is 1. The minimum absolute atomic E-state index is 0.0403. The van der Waals surface area contributed by atoms with Crippen LogP contribution in [0.25, 0.3) is 0 Å². The molecule has 17 heavy (non-hydrogen) atoms. The molecule has 0 heterocycles. The van der Waals surface area contributed by atoms with E-state index < -0.39 is 21.7 Å². The van der Waals surface area contributed by atoms with Crippen molar-refractivity contribution in [2.45, 2.75) is 18.7 Å². The van der Waals surface area contributed by atoms with Crippen LogP contribution >= 0.6 is 0 Å². The van der Waals surface area contributed by atoms with E-state index in [4.69, 9.17) is 10.5 Å². The number of nitrogens with two attached hydrogens (primary N) is 1. The molecule has 0 aliphatic rings. The van der Waals surface area contributed by atoms with Crippen LogP contribution in [0.1, 0.15) is 12.5 Å². The molecule has 0 fully saturated rings. The number of hydrogen-bond donors (Lipinski definition) is 1. The second-order valence-corrected chi connectivity index (χ2v) is 6.07. The van der Waals surface area contributed by atoms with Crippen LogP contribution in [-0.4, -0.2) is 27.3 Å². The SMILES string of the molecule is COc1cccc(CS(=O)(=O)CC(C)N)c1F. The number of sulfone groups is 1. The zero-order valence-corrected chi connectivity index (χ0v) is 10.6. The topological polar surface area (TPSA) is 69.4 Å². The van der Waals surface area contributed by atoms with Crippen LogP contribution in [0.3, 0.4) is 0 Å². The predicted molar refractivity (Wildman–Crippen MR) is 64.1 cm³/mol. The first kappa shape index (κ1) is 13.9. The Morgan fingerprint density at radius 1 is 1.47 bits per heavy atom. The van der Waals surface area contributed by atoms with Gasteiger partial charge in [0.15, 0.2) is 21.4 Å². The van der Waals surface area contributed by atoms with E-state index in [1.54, 1.807) is 13.0 Å². The fraction of sp³-hybridized carbons (Fsp3) is 0.455. The molecule has 1 aromatic rings. The Balaban J connectivity index is 2.96. The van der Waals surface area contributed by atoms with Gasteiger partial charge < -0.3 is 10.5 Å². The lowest BCUT2D eigenvalue weighted by atomic mass is 10.2. The van der Waals surface area contributed by atoms with Crippen LogP contribution in [0.5, 0.6) is 5.75 Å². The molecule has 1 unspecified atom stereocenters. The molecule has 0 saturated heterocycles. The van der Waals surface area contributed by atoms with Crippen molar-refractivity contribution in [2.75, 3.05) is 12.9 Å². The summed E-state index contributed by atoms with van der Waals surface area (Å²) in [4.78, 5) is 0. The van der Waals surface area contributed by atoms with Gasteiger partial charge in [0.25, 0.3) is 0 Å². The van der Waals surface area contributed by atoms with Gasteiger partial charge in [-0.1, -0.05) is 12.1 Å². The largest absolute Gasteiger partial charge is 0.494 e. The highest BCUT2D eigenvalue weighted by molar-refractivity contribution is 7.90. The zero-order valence-electron chi connectivity index (χ0n) is 9.81. The molecule has 0 aliphatic carbocycles. The van der Waals surface area contributed by atoms with Crippen molar-refractivity contribution in [1.82, 2.24) is 0 Å². The molecule has 6 heteroatoms. The van der Waals surface area contributed by atoms with Gasteiger partial charge in [0.05, 0.1) is 18.6 Å². The van der Waals surface area contributed by atoms with Gasteiger partial charge in [-0.05, 0) is 13.0 Å². The van der Waals surface area contributed by atoms with Crippen LogP contribution < -0.4 is 10.5 Å². The van der Waals surface area contributed by atoms with Crippen LogP contribution in [0.15, 0.2) is 18.2 Å². The third-order valence-corrected chi connectivity index (χ3v) is 3.94. The predicted octanol–water partition coefficient (Wildman–Crippen LogP) is 1.10. The number of halogens is 1. The van der Waals surface area contributed by atoms with Gasteiger partial charge in [-0.3, -0.25) is 0 Å². The van der Waals surface area contributed by atoms with Crippen molar-refractivity contribution in [3.8, 4) is 5.75 Å². The number of benzene rings is 1. The van der Waals surface area contributed by atoms with Crippen molar-refractivity contribution in [3.63, 3.8) is 0 Å². The molecule has 2 N–H and O–H groups in total. The molecule has 0 radical (unpaired) electrons. The molecule has 4 nitrogen and oxygen atoms in total. The van der Waals surface area contributed by atoms with Crippen LogP contribution in [0, 0.1) is 5.82 Å². The fourth-order valence-corrected chi connectivity index (χ4v) is 3.14. The van der Waals surface area contributed by atoms with Gasteiger partial charge in [-0.2, -0.15) is 0 Å². The van der Waals surface area contributed by atoms with Gasteiger partial charge >= 0.3 is 0 Å². The standard InChI is InChI=1S/C11H16FNO3S/c1-8(13)6-17(14,15)7-9-4-3-5-10(16-2)11(9)12/h3-5,8H,6-7,13H2,1-2H3. The summed E-state index contributed by atoms with van der Waals surface area (Å²) in [5, 5.41) is 0. The maximum atomic E-state index is 13.7. The summed E-state index contributed by atoms with van der Waals surface area (Å²) in [6.45, 7) is 1.60. The lowest BCUT2D eigenvalue weighted by molar-refractivity contribution is 0.385. The highest BCUT2D eigenvalue weighted by Gasteiger charge is 2.18. The van der Waals surface area contributed by atoms with Crippen LogP contribution in [0.2, 0.25) is 0 Å². The average Bonchev–Trinajstić information content (AvgIpc) is 2.19. The Bertz CT molecular complexity index is 485. The lowest BCUT2D eigenvalue weighted by Gasteiger charge is -2.09. The molecule has 0 saturated carbocycles. The summed E-state index contributed by atoms with van der Waals surface area (Å²) in [7, 11) is -2.07. The highest BCUT2D eigenvalue weighted by atomic mass is 32.2. The maximum absolute atomic E-state index is 13.7. The maximum Gasteiger partial charge on any atom is 0.169 e. The number of rotatable bonds is 5. The second-order valence-electron chi connectivity index (χ2n) is 3.97. The van der Waals surface area contributed by atoms with Gasteiger partial charge in [0.1, 0.15) is 0 Å². The van der Waals surface area contributed by atoms with Gasteiger partial charge in [-0.15, -0.1) is 0 Å². The van der Waals surface area contributed by atoms with Crippen molar-refractivity contribution in [3.05, 3.63) is 29.6 Å². The van der Waals surface area contributed by atoms with E-state index in [-0.39, 0.29) is 22.8 Å². The second kappa shape index (κ2) is 5.46. The fourth-order valence-electron chi connectivity index (χ4n) is 1.52. The van der Waals surface area contributed by atoms with E-state index in [1.165, 1.54) is 19.2 Å². The number of hydrogen-bond acceptors (Lipinski definition) is 4. The third kappa shape index (κ3) is 3.98. The van der Waals surface area contributed by atoms with Crippen molar-refractivity contribution >= 4 is 9.84 Å². The molecule has 96 valence electrons. The molecule has 0 aromatic heterocycles. The van der Waals surface area contributed by atoms with Crippen molar-refractivity contribution in [1.29, 1.82) is 0 Å². The Labute approximate surface area is 101 Å². The smallest absolute Gasteiger partial charge is 0.169 e. The Morgan fingerprint density at radius 3 is 2.65 bits per heavy atom. The quantitative estimate of drug-likeness (QED) is 0.861. The van der Waals surface area contributed by atoms with Crippen LogP contribution in [-0.2, 0) is 15.6 Å². The summed E-state index contributed by atoms with van der Waals surface area (Å²) in [6.07, 6.45) is 0. The summed E-state index contributed by atoms with van der Waals surface area (Å²) in [6, 6.07) is 3.96. The minimum atomic E-state index is -3.40. The summed E-state index contributed by atoms with van der Waals surface area (Å²) in [5.41, 5.74) is 5.53. The molecule has 0 amide bonds. The minimum Gasteiger partial charge on any atom is -0.494 e. The average molecular weight is 261 g/mol. The Kier molecular flexibility index (Phi) is 4.47. The molecule has 0 bridgehead atoms. The molecular formula is C11H16FNO3S. The molecular weight excluding hydrogens is 245 g/mol. The van der Waals surface area contributed by atoms with Crippen molar-refractivity contribution in [2.24, 2.45) is 5.73 Å². The number of methoxy groups -OCH3 is 1. The zero-order chi connectivity index (χ0) is 13.1. The summed E-state index contributed by atoms with van der Waals surface area (Å²) in [5.74, 6) is -1.12. The molecule has 0 spiro atoms. The van der Waals surface area contributed by atoms with Gasteiger partial charge in [0.2, 0.25) is 0 Å².